The number of carboxylic acids is 4. The molecule has 0 unspecified atom stereocenters. The maximum absolute atomic E-state index is 14.8. The number of phenols is 2. The van der Waals surface area contributed by atoms with Gasteiger partial charge in [0.2, 0.25) is 70.9 Å². The molecule has 3 heterocycles. The topological polar surface area (TPSA) is 646 Å². The van der Waals surface area contributed by atoms with Gasteiger partial charge in [-0.15, -0.1) is 11.8 Å². The maximum Gasteiger partial charge on any atom is 0.339 e. The van der Waals surface area contributed by atoms with Gasteiger partial charge in [0.05, 0.1) is 30.3 Å². The van der Waals surface area contributed by atoms with Gasteiger partial charge in [0.1, 0.15) is 89.1 Å². The summed E-state index contributed by atoms with van der Waals surface area (Å²) in [6, 6.07) is -0.0594. The molecule has 4 aromatic rings. The van der Waals surface area contributed by atoms with Gasteiger partial charge in [0, 0.05) is 43.5 Å². The van der Waals surface area contributed by atoms with Crippen molar-refractivity contribution < 1.29 is 107 Å². The standard InChI is InChI=1S/C65H101N17O16S.C15H12O6/c1-9-35(7)51(68)65-80-47(31-99-65)62(96)75-42(25-33(3)4)58(92)73-41(21-22-49(84)85)57(91)81-52(34(5)6)63(97)74-39-19-14-15-24-70-54(88)45(28-48(67)83)77-61(95)46(29-50(86)87)78-60(94)44(27-38-30-69-32-71-38)76-59(93)43(26-37-17-12-11-13-18-37)79-64(98)53(36(8)10-2)82-56(90)40(20-16-23-66)72-55(39)89;16-12-3-1-8(6-10(12)14(18)19)5-9-2-4-13(17)11(7-9)15(20)21/h11-13,17-18,30,32-36,39-47,51-53H,9-10,14-16,19-29,31,66,68H2,1-8H3,(H2,67,83)(H,69,71)(H,70,88)(H,72,89)(H,73,92)(H,74,97)(H,75,96)(H,76,93)(H,77,95)(H,78,94)(H,79,98)(H,81,91)(H,82,90)(H,84,85)(H,86,87);1-4,6-7,16-17H,5H2,(H,18,19)(H,20,21)/t35-,36-,39-,40+,41+,42-,43+,44-,45-,46+,47-,51-,52-,53-;/m0./s1. The molecular weight excluding hydrogens is 1580 g/mol. The third-order valence-corrected chi connectivity index (χ3v) is 21.1. The lowest BCUT2D eigenvalue weighted by molar-refractivity contribution is -0.142. The van der Waals surface area contributed by atoms with E-state index >= 15 is 0 Å². The number of aromatic amines is 1. The first kappa shape index (κ1) is 98.5. The number of aromatic nitrogens is 2. The van der Waals surface area contributed by atoms with E-state index in [0.29, 0.717) is 27.4 Å². The Kier molecular flexibility index (Phi) is 40.0. The predicted octanol–water partition coefficient (Wildman–Crippen LogP) is 0.0173. The average Bonchev–Trinajstić information content (AvgIpc) is 1.84. The number of thioether (sulfide) groups is 1. The molecule has 0 radical (unpaired) electrons. The number of carbonyl (C=O) groups is 16. The fraction of sp³-hybridized carbons (Fsp3) is 0.525. The molecule has 1 aromatic heterocycles. The fourth-order valence-electron chi connectivity index (χ4n) is 12.7. The summed E-state index contributed by atoms with van der Waals surface area (Å²) in [5, 5.41) is 85.6. The van der Waals surface area contributed by atoms with Crippen molar-refractivity contribution in [2.45, 2.75) is 224 Å². The number of rotatable bonds is 34. The number of nitrogens with one attached hydrogen (secondary N) is 12. The van der Waals surface area contributed by atoms with Crippen molar-refractivity contribution >= 4 is 112 Å². The van der Waals surface area contributed by atoms with Crippen molar-refractivity contribution in [1.29, 1.82) is 0 Å². The number of nitrogens with two attached hydrogens (primary N) is 3. The van der Waals surface area contributed by atoms with Crippen LogP contribution in [0.1, 0.15) is 176 Å². The molecule has 3 aromatic carbocycles. The number of carbonyl (C=O) groups excluding carboxylic acids is 12. The Morgan fingerprint density at radius 1 is 0.608 bits per heavy atom. The molecule has 0 spiro atoms. The molecule has 120 heavy (non-hydrogen) atoms. The number of hydrogen-bond acceptors (Lipinski definition) is 23. The Bertz CT molecular complexity index is 4220. The average molecular weight is 1700 g/mol. The SMILES string of the molecule is CC[C@H](C)[C@H](N)C1=N[C@H](C(=O)N[C@@H](CC(C)C)C(=O)N[C@H](CCC(=O)O)C(=O)N[C@H](C(=O)N[C@H]2CCCCNC(=O)[C@H](CC(N)=O)NC(=O)[C@@H](CC(=O)O)NC(=O)[C@H](Cc3cnc[nH]3)NC(=O)[C@@H](Cc3ccccc3)NC(=O)[C@H]([C@@H](C)CC)NC(=O)[C@@H](CCCN)NC2=O)C(C)C)CS1.O=C(O)c1cc(Cc2ccc(O)c(C(=O)O)c2)ccc1O. The highest BCUT2D eigenvalue weighted by Gasteiger charge is 2.40. The minimum atomic E-state index is -1.94. The molecule has 656 valence electrons. The number of carboxylic acid groups (broad SMARTS) is 4. The Labute approximate surface area is 697 Å². The molecule has 2 aliphatic rings. The molecular formula is C80H113N17O22S. The Morgan fingerprint density at radius 2 is 1.18 bits per heavy atom. The summed E-state index contributed by atoms with van der Waals surface area (Å²) in [4.78, 5) is 228. The number of primary amides is 1. The second-order valence-corrected chi connectivity index (χ2v) is 31.3. The Hall–Kier alpha value is -12.1. The lowest BCUT2D eigenvalue weighted by atomic mass is 9.96. The van der Waals surface area contributed by atoms with E-state index in [0.717, 1.165) is 6.42 Å². The quantitative estimate of drug-likeness (QED) is 0.0293. The van der Waals surface area contributed by atoms with Crippen LogP contribution >= 0.6 is 11.8 Å². The van der Waals surface area contributed by atoms with Crippen LogP contribution in [0.25, 0.3) is 0 Å². The van der Waals surface area contributed by atoms with Crippen molar-refractivity contribution in [2.75, 3.05) is 18.8 Å². The van der Waals surface area contributed by atoms with Crippen LogP contribution in [0, 0.1) is 23.7 Å². The van der Waals surface area contributed by atoms with Crippen LogP contribution in [0.15, 0.2) is 84.2 Å². The molecule has 2 aliphatic heterocycles. The van der Waals surface area contributed by atoms with Crippen LogP contribution in [0.3, 0.4) is 0 Å². The van der Waals surface area contributed by atoms with Gasteiger partial charge < -0.3 is 111 Å². The largest absolute Gasteiger partial charge is 0.507 e. The van der Waals surface area contributed by atoms with Crippen LogP contribution in [0.5, 0.6) is 11.5 Å². The van der Waals surface area contributed by atoms with E-state index < -0.39 is 205 Å². The number of aliphatic carboxylic acids is 2. The molecule has 14 atom stereocenters. The van der Waals surface area contributed by atoms with Crippen LogP contribution < -0.4 is 75.7 Å². The van der Waals surface area contributed by atoms with Gasteiger partial charge in [-0.25, -0.2) is 14.6 Å². The summed E-state index contributed by atoms with van der Waals surface area (Å²) in [6.45, 7) is 13.9. The van der Waals surface area contributed by atoms with Crippen LogP contribution in [0.2, 0.25) is 0 Å². The summed E-state index contributed by atoms with van der Waals surface area (Å²) in [6.07, 6.45) is 0.398. The molecule has 24 N–H and O–H groups in total. The highest BCUT2D eigenvalue weighted by Crippen LogP contribution is 2.27. The molecule has 1 saturated heterocycles. The first-order chi connectivity index (χ1) is 56.7. The number of aromatic carboxylic acids is 2. The number of H-pyrrole nitrogens is 1. The van der Waals surface area contributed by atoms with Gasteiger partial charge in [0.25, 0.3) is 0 Å². The second-order valence-electron chi connectivity index (χ2n) is 30.3. The van der Waals surface area contributed by atoms with Gasteiger partial charge in [-0.05, 0) is 123 Å². The van der Waals surface area contributed by atoms with E-state index in [1.165, 1.54) is 48.6 Å². The summed E-state index contributed by atoms with van der Waals surface area (Å²) >= 11 is 1.35. The van der Waals surface area contributed by atoms with Crippen molar-refractivity contribution in [2.24, 2.45) is 45.9 Å². The van der Waals surface area contributed by atoms with Gasteiger partial charge in [-0.3, -0.25) is 72.1 Å². The second kappa shape index (κ2) is 48.7. The summed E-state index contributed by atoms with van der Waals surface area (Å²) in [5.41, 5.74) is 19.4. The minimum Gasteiger partial charge on any atom is -0.507 e. The normalized spacial score (nSPS) is 20.8. The van der Waals surface area contributed by atoms with Crippen LogP contribution in [-0.2, 0) is 86.4 Å². The first-order valence-corrected chi connectivity index (χ1v) is 40.5. The zero-order valence-corrected chi connectivity index (χ0v) is 69.0. The third kappa shape index (κ3) is 32.0. The Morgan fingerprint density at radius 3 is 1.72 bits per heavy atom. The minimum absolute atomic E-state index is 0.000468. The van der Waals surface area contributed by atoms with Gasteiger partial charge in [0.15, 0.2) is 0 Å². The van der Waals surface area contributed by atoms with Crippen LogP contribution in [-0.4, -0.2) is 232 Å². The van der Waals surface area contributed by atoms with Crippen molar-refractivity contribution in [3.8, 4) is 11.5 Å². The molecule has 1 fully saturated rings. The van der Waals surface area contributed by atoms with Crippen LogP contribution in [0.4, 0.5) is 0 Å². The Balaban J connectivity index is 0.00000105. The lowest BCUT2D eigenvalue weighted by Gasteiger charge is -2.30. The molecule has 6 rings (SSSR count). The molecule has 39 nitrogen and oxygen atoms in total. The van der Waals surface area contributed by atoms with E-state index in [9.17, 15) is 97.1 Å². The van der Waals surface area contributed by atoms with Gasteiger partial charge in [-0.1, -0.05) is 111 Å². The maximum atomic E-state index is 14.8. The number of benzene rings is 3. The lowest BCUT2D eigenvalue weighted by Crippen LogP contribution is -2.62. The number of nitrogens with zero attached hydrogens (tertiary/aromatic N) is 2. The summed E-state index contributed by atoms with van der Waals surface area (Å²) in [7, 11) is 0. The van der Waals surface area contributed by atoms with E-state index in [1.807, 2.05) is 13.8 Å². The molecule has 40 heteroatoms. The highest BCUT2D eigenvalue weighted by atomic mass is 32.2. The zero-order chi connectivity index (χ0) is 89.2. The van der Waals surface area contributed by atoms with Crippen molar-refractivity contribution in [1.82, 2.24) is 68.5 Å². The molecule has 0 aliphatic carbocycles. The van der Waals surface area contributed by atoms with E-state index in [1.54, 1.807) is 84.0 Å². The zero-order valence-electron chi connectivity index (χ0n) is 68.2. The van der Waals surface area contributed by atoms with Gasteiger partial charge >= 0.3 is 23.9 Å². The summed E-state index contributed by atoms with van der Waals surface area (Å²) in [5.74, 6) is -18.7. The third-order valence-electron chi connectivity index (χ3n) is 19.9. The van der Waals surface area contributed by atoms with Crippen molar-refractivity contribution in [3.63, 3.8) is 0 Å². The highest BCUT2D eigenvalue weighted by molar-refractivity contribution is 8.14. The first-order valence-electron chi connectivity index (χ1n) is 39.5. The smallest absolute Gasteiger partial charge is 0.339 e. The molecule has 0 saturated carbocycles. The number of hydrogen-bond donors (Lipinski definition) is 21. The predicted molar refractivity (Wildman–Crippen MR) is 438 cm³/mol. The number of aliphatic imine (C=N–C) groups is 1. The monoisotopic (exact) mass is 1700 g/mol. The summed E-state index contributed by atoms with van der Waals surface area (Å²) < 4.78 is 0. The number of aromatic hydroxyl groups is 2. The van der Waals surface area contributed by atoms with E-state index in [4.69, 9.17) is 27.4 Å². The van der Waals surface area contributed by atoms with Gasteiger partial charge in [-0.2, -0.15) is 0 Å². The van der Waals surface area contributed by atoms with Crippen molar-refractivity contribution in [3.05, 3.63) is 113 Å². The fourth-order valence-corrected chi connectivity index (χ4v) is 13.8. The van der Waals surface area contributed by atoms with E-state index in [2.05, 4.69) is 73.4 Å². The number of imidazole rings is 1. The number of amides is 12. The molecule has 12 amide bonds. The van der Waals surface area contributed by atoms with E-state index in [-0.39, 0.29) is 118 Å². The molecule has 0 bridgehead atoms.